The molecule has 2 heterocycles. The van der Waals surface area contributed by atoms with Crippen molar-refractivity contribution in [1.82, 2.24) is 15.1 Å². The molecule has 3 aromatic rings. The van der Waals surface area contributed by atoms with Crippen LogP contribution >= 0.6 is 15.9 Å². The zero-order valence-electron chi connectivity index (χ0n) is 10.3. The molecule has 3 rings (SSSR count). The molecule has 100 valence electrons. The quantitative estimate of drug-likeness (QED) is 0.797. The molecule has 0 fully saturated rings. The third-order valence-corrected chi connectivity index (χ3v) is 3.52. The van der Waals surface area contributed by atoms with Gasteiger partial charge in [0.15, 0.2) is 5.82 Å². The van der Waals surface area contributed by atoms with Crippen LogP contribution in [0.3, 0.4) is 0 Å². The van der Waals surface area contributed by atoms with Crippen LogP contribution in [0.25, 0.3) is 11.5 Å². The second kappa shape index (κ2) is 5.42. The van der Waals surface area contributed by atoms with Crippen LogP contribution in [0.15, 0.2) is 51.7 Å². The summed E-state index contributed by atoms with van der Waals surface area (Å²) >= 11 is 3.49. The highest BCUT2D eigenvalue weighted by Gasteiger charge is 2.11. The van der Waals surface area contributed by atoms with Crippen LogP contribution in [-0.2, 0) is 6.42 Å². The van der Waals surface area contributed by atoms with Crippen molar-refractivity contribution in [1.29, 1.82) is 0 Å². The van der Waals surface area contributed by atoms with E-state index in [0.717, 1.165) is 10.0 Å². The van der Waals surface area contributed by atoms with Gasteiger partial charge in [0.05, 0.1) is 11.8 Å². The Morgan fingerprint density at radius 3 is 2.85 bits per heavy atom. The summed E-state index contributed by atoms with van der Waals surface area (Å²) in [4.78, 5) is 8.19. The number of hydrogen-bond donors (Lipinski definition) is 1. The highest BCUT2D eigenvalue weighted by molar-refractivity contribution is 9.10. The van der Waals surface area contributed by atoms with E-state index in [1.807, 2.05) is 24.3 Å². The van der Waals surface area contributed by atoms with Crippen molar-refractivity contribution in [3.63, 3.8) is 0 Å². The number of aromatic hydroxyl groups is 1. The smallest absolute Gasteiger partial charge is 0.259 e. The predicted molar refractivity (Wildman–Crippen MR) is 76.1 cm³/mol. The van der Waals surface area contributed by atoms with Gasteiger partial charge in [0, 0.05) is 17.1 Å². The summed E-state index contributed by atoms with van der Waals surface area (Å²) in [6.45, 7) is 0. The van der Waals surface area contributed by atoms with Gasteiger partial charge in [-0.05, 0) is 17.7 Å². The summed E-state index contributed by atoms with van der Waals surface area (Å²) in [5.74, 6) is 0.985. The van der Waals surface area contributed by atoms with Crippen LogP contribution in [0.4, 0.5) is 0 Å². The van der Waals surface area contributed by atoms with E-state index in [2.05, 4.69) is 31.1 Å². The molecule has 0 atom stereocenters. The van der Waals surface area contributed by atoms with Gasteiger partial charge in [-0.2, -0.15) is 4.98 Å². The van der Waals surface area contributed by atoms with Crippen LogP contribution in [0.2, 0.25) is 0 Å². The van der Waals surface area contributed by atoms with Crippen LogP contribution < -0.4 is 0 Å². The van der Waals surface area contributed by atoms with Crippen LogP contribution in [-0.4, -0.2) is 20.2 Å². The van der Waals surface area contributed by atoms with E-state index < -0.39 is 0 Å². The van der Waals surface area contributed by atoms with Crippen molar-refractivity contribution in [3.8, 4) is 17.2 Å². The van der Waals surface area contributed by atoms with Crippen LogP contribution in [0.5, 0.6) is 5.75 Å². The van der Waals surface area contributed by atoms with E-state index in [1.165, 1.54) is 12.3 Å². The molecular weight excluding hydrogens is 322 g/mol. The summed E-state index contributed by atoms with van der Waals surface area (Å²) in [7, 11) is 0. The standard InChI is InChI=1S/C14H10BrN3O2/c15-12-4-2-1-3-9(12)6-13-17-14(20-18-13)10-5-11(19)8-16-7-10/h1-5,7-8,19H,6H2. The summed E-state index contributed by atoms with van der Waals surface area (Å²) in [6, 6.07) is 9.40. The van der Waals surface area contributed by atoms with Gasteiger partial charge in [0.2, 0.25) is 0 Å². The largest absolute Gasteiger partial charge is 0.506 e. The first kappa shape index (κ1) is 12.8. The lowest BCUT2D eigenvalue weighted by Gasteiger charge is -1.99. The molecule has 2 aromatic heterocycles. The molecule has 1 N–H and O–H groups in total. The monoisotopic (exact) mass is 331 g/mol. The number of aromatic nitrogens is 3. The molecule has 0 radical (unpaired) electrons. The van der Waals surface area contributed by atoms with Gasteiger partial charge in [0.25, 0.3) is 5.89 Å². The fraction of sp³-hybridized carbons (Fsp3) is 0.0714. The Hall–Kier alpha value is -2.21. The third kappa shape index (κ3) is 2.70. The minimum atomic E-state index is 0.0630. The molecule has 6 heteroatoms. The van der Waals surface area contributed by atoms with E-state index in [1.54, 1.807) is 6.20 Å². The Kier molecular flexibility index (Phi) is 3.47. The Morgan fingerprint density at radius 2 is 2.05 bits per heavy atom. The number of halogens is 1. The summed E-state index contributed by atoms with van der Waals surface area (Å²) in [5, 5.41) is 13.3. The fourth-order valence-corrected chi connectivity index (χ4v) is 2.22. The fourth-order valence-electron chi connectivity index (χ4n) is 1.80. The van der Waals surface area contributed by atoms with E-state index in [4.69, 9.17) is 4.52 Å². The van der Waals surface area contributed by atoms with E-state index >= 15 is 0 Å². The Bertz CT molecular complexity index is 743. The molecule has 1 aromatic carbocycles. The molecule has 0 saturated carbocycles. The normalized spacial score (nSPS) is 10.7. The van der Waals surface area contributed by atoms with Crippen molar-refractivity contribution in [3.05, 3.63) is 58.6 Å². The van der Waals surface area contributed by atoms with E-state index in [9.17, 15) is 5.11 Å². The number of hydrogen-bond acceptors (Lipinski definition) is 5. The maximum Gasteiger partial charge on any atom is 0.259 e. The van der Waals surface area contributed by atoms with Crippen molar-refractivity contribution >= 4 is 15.9 Å². The van der Waals surface area contributed by atoms with Crippen LogP contribution in [0, 0.1) is 0 Å². The lowest BCUT2D eigenvalue weighted by molar-refractivity contribution is 0.423. The Morgan fingerprint density at radius 1 is 1.20 bits per heavy atom. The molecule has 0 unspecified atom stereocenters. The average Bonchev–Trinajstić information content (AvgIpc) is 2.90. The predicted octanol–water partition coefficient (Wildman–Crippen LogP) is 3.19. The van der Waals surface area contributed by atoms with Gasteiger partial charge in [-0.3, -0.25) is 4.98 Å². The van der Waals surface area contributed by atoms with Crippen molar-refractivity contribution < 1.29 is 9.63 Å². The van der Waals surface area contributed by atoms with E-state index in [-0.39, 0.29) is 5.75 Å². The Balaban J connectivity index is 1.86. The van der Waals surface area contributed by atoms with Gasteiger partial charge >= 0.3 is 0 Å². The maximum atomic E-state index is 9.39. The molecule has 0 aliphatic heterocycles. The molecular formula is C14H10BrN3O2. The first-order chi connectivity index (χ1) is 9.72. The zero-order chi connectivity index (χ0) is 13.9. The number of nitrogens with zero attached hydrogens (tertiary/aromatic N) is 3. The molecule has 20 heavy (non-hydrogen) atoms. The molecule has 0 amide bonds. The topological polar surface area (TPSA) is 72.0 Å². The minimum absolute atomic E-state index is 0.0630. The molecule has 0 spiro atoms. The minimum Gasteiger partial charge on any atom is -0.506 e. The van der Waals surface area contributed by atoms with Gasteiger partial charge in [-0.15, -0.1) is 0 Å². The van der Waals surface area contributed by atoms with E-state index in [0.29, 0.717) is 23.7 Å². The average molecular weight is 332 g/mol. The SMILES string of the molecule is Oc1cncc(-c2nc(Cc3ccccc3Br)no2)c1. The van der Waals surface area contributed by atoms with Gasteiger partial charge in [-0.25, -0.2) is 0 Å². The van der Waals surface area contributed by atoms with Gasteiger partial charge < -0.3 is 9.63 Å². The van der Waals surface area contributed by atoms with Crippen molar-refractivity contribution in [2.75, 3.05) is 0 Å². The molecule has 0 aliphatic rings. The second-order valence-electron chi connectivity index (χ2n) is 4.22. The molecule has 0 saturated heterocycles. The van der Waals surface area contributed by atoms with Gasteiger partial charge in [-0.1, -0.05) is 39.3 Å². The number of pyridine rings is 1. The third-order valence-electron chi connectivity index (χ3n) is 2.75. The highest BCUT2D eigenvalue weighted by Crippen LogP contribution is 2.22. The summed E-state index contributed by atoms with van der Waals surface area (Å²) < 4.78 is 6.20. The molecule has 0 bridgehead atoms. The second-order valence-corrected chi connectivity index (χ2v) is 5.07. The summed E-state index contributed by atoms with van der Waals surface area (Å²) in [5.41, 5.74) is 1.67. The zero-order valence-corrected chi connectivity index (χ0v) is 11.9. The van der Waals surface area contributed by atoms with Crippen molar-refractivity contribution in [2.45, 2.75) is 6.42 Å². The number of rotatable bonds is 3. The number of benzene rings is 1. The Labute approximate surface area is 123 Å². The summed E-state index contributed by atoms with van der Waals surface area (Å²) in [6.07, 6.45) is 3.48. The lowest BCUT2D eigenvalue weighted by Crippen LogP contribution is -1.91. The lowest BCUT2D eigenvalue weighted by atomic mass is 10.1. The first-order valence-corrected chi connectivity index (χ1v) is 6.72. The van der Waals surface area contributed by atoms with Gasteiger partial charge in [0.1, 0.15) is 5.75 Å². The maximum absolute atomic E-state index is 9.39. The molecule has 5 nitrogen and oxygen atoms in total. The molecule has 0 aliphatic carbocycles. The highest BCUT2D eigenvalue weighted by atomic mass is 79.9. The van der Waals surface area contributed by atoms with Crippen molar-refractivity contribution in [2.24, 2.45) is 0 Å². The first-order valence-electron chi connectivity index (χ1n) is 5.93. The van der Waals surface area contributed by atoms with Crippen LogP contribution in [0.1, 0.15) is 11.4 Å².